The van der Waals surface area contributed by atoms with E-state index in [1.54, 1.807) is 0 Å². The molecule has 1 aliphatic rings. The van der Waals surface area contributed by atoms with Crippen molar-refractivity contribution in [1.29, 1.82) is 0 Å². The summed E-state index contributed by atoms with van der Waals surface area (Å²) >= 11 is 0. The van der Waals surface area contributed by atoms with E-state index in [0.29, 0.717) is 18.2 Å². The first-order valence-electron chi connectivity index (χ1n) is 9.51. The first-order valence-corrected chi connectivity index (χ1v) is 9.51. The highest BCUT2D eigenvalue weighted by Gasteiger charge is 2.47. The van der Waals surface area contributed by atoms with Crippen LogP contribution in [0.5, 0.6) is 0 Å². The van der Waals surface area contributed by atoms with Crippen LogP contribution in [-0.2, 0) is 10.7 Å². The number of carbonyl (C=O) groups excluding carboxylic acids is 2. The fourth-order valence-corrected chi connectivity index (χ4v) is 2.92. The fourth-order valence-electron chi connectivity index (χ4n) is 2.92. The normalized spacial score (nSPS) is 15.9. The Bertz CT molecular complexity index is 968. The van der Waals surface area contributed by atoms with Crippen molar-refractivity contribution in [3.63, 3.8) is 0 Å². The van der Waals surface area contributed by atoms with E-state index in [9.17, 15) is 36.6 Å². The lowest BCUT2D eigenvalue weighted by Gasteiger charge is -2.23. The second-order valence-corrected chi connectivity index (χ2v) is 6.55. The summed E-state index contributed by atoms with van der Waals surface area (Å²) < 4.78 is 69.5. The summed E-state index contributed by atoms with van der Waals surface area (Å²) in [5.74, 6) is -10.7. The number of alkyl halides is 2. The first-order chi connectivity index (χ1) is 14.6. The number of aliphatic hydroxyl groups excluding tert-OH is 1. The SMILES string of the molecule is CC.O=C(Nc1ccc(F)c(F)c1)c1ccc(F)c(C(F)(F)C(=O)N2CCC(O)C2)c1. The summed E-state index contributed by atoms with van der Waals surface area (Å²) in [6, 6.07) is 4.54. The third-order valence-electron chi connectivity index (χ3n) is 4.46. The van der Waals surface area contributed by atoms with Crippen molar-refractivity contribution < 1.29 is 36.6 Å². The van der Waals surface area contributed by atoms with Gasteiger partial charge in [-0.25, -0.2) is 13.2 Å². The maximum atomic E-state index is 14.6. The number of hydrogen-bond acceptors (Lipinski definition) is 3. The van der Waals surface area contributed by atoms with E-state index in [-0.39, 0.29) is 25.2 Å². The highest BCUT2D eigenvalue weighted by Crippen LogP contribution is 2.34. The number of benzene rings is 2. The van der Waals surface area contributed by atoms with Gasteiger partial charge in [-0.1, -0.05) is 13.8 Å². The number of nitrogens with one attached hydrogen (secondary N) is 1. The molecule has 5 nitrogen and oxygen atoms in total. The van der Waals surface area contributed by atoms with Crippen molar-refractivity contribution in [2.45, 2.75) is 32.3 Å². The zero-order valence-electron chi connectivity index (χ0n) is 16.8. The predicted molar refractivity (Wildman–Crippen MR) is 103 cm³/mol. The zero-order chi connectivity index (χ0) is 23.3. The maximum absolute atomic E-state index is 14.6. The van der Waals surface area contributed by atoms with Crippen LogP contribution in [0.3, 0.4) is 0 Å². The molecule has 168 valence electrons. The molecule has 3 rings (SSSR count). The van der Waals surface area contributed by atoms with E-state index < -0.39 is 52.4 Å². The average molecular weight is 444 g/mol. The van der Waals surface area contributed by atoms with E-state index in [1.165, 1.54) is 0 Å². The lowest BCUT2D eigenvalue weighted by Crippen LogP contribution is -2.41. The molecule has 2 N–H and O–H groups in total. The molecule has 10 heteroatoms. The summed E-state index contributed by atoms with van der Waals surface area (Å²) in [5, 5.41) is 11.6. The molecule has 2 aromatic rings. The molecule has 0 aromatic heterocycles. The van der Waals surface area contributed by atoms with Crippen molar-refractivity contribution >= 4 is 17.5 Å². The Kier molecular flexibility index (Phi) is 7.72. The topological polar surface area (TPSA) is 69.6 Å². The minimum atomic E-state index is -4.27. The molecular formula is C21H21F5N2O3. The summed E-state index contributed by atoms with van der Waals surface area (Å²) in [7, 11) is 0. The third-order valence-corrected chi connectivity index (χ3v) is 4.46. The lowest BCUT2D eigenvalue weighted by atomic mass is 10.0. The van der Waals surface area contributed by atoms with Crippen molar-refractivity contribution in [1.82, 2.24) is 4.90 Å². The molecule has 1 heterocycles. The van der Waals surface area contributed by atoms with Crippen LogP contribution in [0, 0.1) is 17.5 Å². The second kappa shape index (κ2) is 9.86. The van der Waals surface area contributed by atoms with Crippen LogP contribution < -0.4 is 5.32 Å². The number of likely N-dealkylation sites (tertiary alicyclic amines) is 1. The van der Waals surface area contributed by atoms with Gasteiger partial charge in [0.25, 0.3) is 11.8 Å². The molecule has 0 saturated carbocycles. The van der Waals surface area contributed by atoms with Gasteiger partial charge >= 0.3 is 5.92 Å². The van der Waals surface area contributed by atoms with Gasteiger partial charge in [-0.15, -0.1) is 0 Å². The third kappa shape index (κ3) is 5.38. The van der Waals surface area contributed by atoms with Crippen LogP contribution in [0.25, 0.3) is 0 Å². The number of β-amino-alcohol motifs (C(OH)–C–C–N with tert-alkyl or cyclic N) is 1. The van der Waals surface area contributed by atoms with Crippen molar-refractivity contribution in [3.05, 3.63) is 65.0 Å². The van der Waals surface area contributed by atoms with E-state index in [2.05, 4.69) is 5.32 Å². The number of hydrogen-bond donors (Lipinski definition) is 2. The molecule has 1 saturated heterocycles. The number of halogens is 5. The Labute approximate surface area is 175 Å². The first kappa shape index (κ1) is 24.3. The second-order valence-electron chi connectivity index (χ2n) is 6.55. The molecule has 31 heavy (non-hydrogen) atoms. The monoisotopic (exact) mass is 444 g/mol. The largest absolute Gasteiger partial charge is 0.391 e. The van der Waals surface area contributed by atoms with Gasteiger partial charge in [-0.3, -0.25) is 9.59 Å². The molecule has 2 amide bonds. The summed E-state index contributed by atoms with van der Waals surface area (Å²) in [6.45, 7) is 3.60. The van der Waals surface area contributed by atoms with Gasteiger partial charge in [0.1, 0.15) is 5.82 Å². The predicted octanol–water partition coefficient (Wildman–Crippen LogP) is 4.07. The summed E-state index contributed by atoms with van der Waals surface area (Å²) in [4.78, 5) is 25.1. The van der Waals surface area contributed by atoms with Crippen molar-refractivity contribution in [3.8, 4) is 0 Å². The molecule has 2 aromatic carbocycles. The lowest BCUT2D eigenvalue weighted by molar-refractivity contribution is -0.158. The number of nitrogens with zero attached hydrogens (tertiary/aromatic N) is 1. The van der Waals surface area contributed by atoms with E-state index in [4.69, 9.17) is 0 Å². The Balaban J connectivity index is 0.00000166. The number of anilines is 1. The van der Waals surface area contributed by atoms with Crippen molar-refractivity contribution in [2.75, 3.05) is 18.4 Å². The molecule has 0 radical (unpaired) electrons. The van der Waals surface area contributed by atoms with Gasteiger partial charge in [-0.05, 0) is 36.8 Å². The Morgan fingerprint density at radius 3 is 2.26 bits per heavy atom. The van der Waals surface area contributed by atoms with E-state index in [1.807, 2.05) is 13.8 Å². The Morgan fingerprint density at radius 1 is 1.03 bits per heavy atom. The van der Waals surface area contributed by atoms with Crippen LogP contribution in [0.15, 0.2) is 36.4 Å². The number of carbonyl (C=O) groups is 2. The summed E-state index contributed by atoms with van der Waals surface area (Å²) in [6.07, 6.45) is -0.811. The van der Waals surface area contributed by atoms with Crippen LogP contribution in [0.1, 0.15) is 36.2 Å². The highest BCUT2D eigenvalue weighted by atomic mass is 19.3. The highest BCUT2D eigenvalue weighted by molar-refractivity contribution is 6.04. The molecule has 0 spiro atoms. The van der Waals surface area contributed by atoms with Gasteiger partial charge in [-0.2, -0.15) is 8.78 Å². The standard InChI is InChI=1S/C19H15F5N2O3.C2H6/c20-14-3-1-10(17(28)25-11-2-4-15(21)16(22)8-11)7-13(14)19(23,24)18(29)26-6-5-12(27)9-26;1-2/h1-4,7-8,12,27H,5-6,9H2,(H,25,28);1-2H3. The Hall–Kier alpha value is -3.01. The smallest absolute Gasteiger partial charge is 0.352 e. The fraction of sp³-hybridized carbons (Fsp3) is 0.333. The maximum Gasteiger partial charge on any atom is 0.352 e. The van der Waals surface area contributed by atoms with Crippen LogP contribution in [0.4, 0.5) is 27.6 Å². The van der Waals surface area contributed by atoms with Crippen LogP contribution in [0.2, 0.25) is 0 Å². The van der Waals surface area contributed by atoms with Gasteiger partial charge in [0, 0.05) is 30.4 Å². The summed E-state index contributed by atoms with van der Waals surface area (Å²) in [5.41, 5.74) is -1.87. The molecule has 1 unspecified atom stereocenters. The van der Waals surface area contributed by atoms with E-state index in [0.717, 1.165) is 23.1 Å². The number of amides is 2. The number of rotatable bonds is 4. The molecule has 0 aliphatic carbocycles. The average Bonchev–Trinajstić information content (AvgIpc) is 3.18. The molecular weight excluding hydrogens is 423 g/mol. The van der Waals surface area contributed by atoms with Crippen LogP contribution in [-0.4, -0.2) is 41.0 Å². The molecule has 1 aliphatic heterocycles. The van der Waals surface area contributed by atoms with Gasteiger partial charge < -0.3 is 15.3 Å². The minimum absolute atomic E-state index is 0.104. The van der Waals surface area contributed by atoms with Crippen molar-refractivity contribution in [2.24, 2.45) is 0 Å². The van der Waals surface area contributed by atoms with E-state index >= 15 is 0 Å². The van der Waals surface area contributed by atoms with Gasteiger partial charge in [0.15, 0.2) is 11.6 Å². The molecule has 1 atom stereocenters. The quantitative estimate of drug-likeness (QED) is 0.699. The Morgan fingerprint density at radius 2 is 1.68 bits per heavy atom. The number of aliphatic hydroxyl groups is 1. The van der Waals surface area contributed by atoms with Gasteiger partial charge in [0.2, 0.25) is 0 Å². The minimum Gasteiger partial charge on any atom is -0.391 e. The van der Waals surface area contributed by atoms with Gasteiger partial charge in [0.05, 0.1) is 11.7 Å². The van der Waals surface area contributed by atoms with Crippen LogP contribution >= 0.6 is 0 Å². The zero-order valence-corrected chi connectivity index (χ0v) is 16.8. The molecule has 1 fully saturated rings. The molecule has 0 bridgehead atoms.